The molecule has 2 aromatic carbocycles. The van der Waals surface area contributed by atoms with Crippen LogP contribution in [0, 0.1) is 5.82 Å². The van der Waals surface area contributed by atoms with Gasteiger partial charge in [0.05, 0.1) is 15.7 Å². The second-order valence-electron chi connectivity index (χ2n) is 4.79. The van der Waals surface area contributed by atoms with Crippen LogP contribution in [0.5, 0.6) is 0 Å². The lowest BCUT2D eigenvalue weighted by Crippen LogP contribution is -2.35. The maximum absolute atomic E-state index is 12.9. The molecular weight excluding hydrogens is 342 g/mol. The SMILES string of the molecule is O=C1NN(c2ccc(Cl)c(Cl)c2)C(=O)/C1=C\c1ccc(F)cc1. The maximum Gasteiger partial charge on any atom is 0.282 e. The Hall–Kier alpha value is -2.37. The van der Waals surface area contributed by atoms with Crippen LogP contribution in [-0.4, -0.2) is 11.8 Å². The molecule has 0 spiro atoms. The van der Waals surface area contributed by atoms with Crippen molar-refractivity contribution in [1.29, 1.82) is 0 Å². The summed E-state index contributed by atoms with van der Waals surface area (Å²) in [6.45, 7) is 0. The number of hydrogen-bond acceptors (Lipinski definition) is 2. The van der Waals surface area contributed by atoms with E-state index in [-0.39, 0.29) is 10.6 Å². The van der Waals surface area contributed by atoms with Crippen LogP contribution in [0.3, 0.4) is 0 Å². The molecule has 0 atom stereocenters. The molecule has 2 amide bonds. The van der Waals surface area contributed by atoms with E-state index in [1.165, 1.54) is 42.5 Å². The lowest BCUT2D eigenvalue weighted by Gasteiger charge is -2.15. The van der Waals surface area contributed by atoms with Crippen molar-refractivity contribution in [2.75, 3.05) is 5.01 Å². The molecule has 1 fully saturated rings. The Balaban J connectivity index is 1.93. The first-order valence-corrected chi connectivity index (χ1v) is 7.29. The Morgan fingerprint density at radius 1 is 1.00 bits per heavy atom. The molecule has 2 aromatic rings. The van der Waals surface area contributed by atoms with Crippen molar-refractivity contribution in [3.63, 3.8) is 0 Å². The number of amides is 2. The molecule has 0 radical (unpaired) electrons. The smallest absolute Gasteiger partial charge is 0.267 e. The molecule has 0 aliphatic carbocycles. The second-order valence-corrected chi connectivity index (χ2v) is 5.60. The summed E-state index contributed by atoms with van der Waals surface area (Å²) in [5.74, 6) is -1.48. The molecule has 4 nitrogen and oxygen atoms in total. The van der Waals surface area contributed by atoms with Gasteiger partial charge in [0, 0.05) is 0 Å². The number of nitrogens with one attached hydrogen (secondary N) is 1. The number of hydrazine groups is 1. The summed E-state index contributed by atoms with van der Waals surface area (Å²) < 4.78 is 12.9. The normalized spacial score (nSPS) is 16.1. The lowest BCUT2D eigenvalue weighted by molar-refractivity contribution is -0.117. The third kappa shape index (κ3) is 3.06. The highest BCUT2D eigenvalue weighted by Gasteiger charge is 2.34. The molecule has 7 heteroatoms. The van der Waals surface area contributed by atoms with Crippen LogP contribution in [-0.2, 0) is 9.59 Å². The Kier molecular flexibility index (Phi) is 4.07. The lowest BCUT2D eigenvalue weighted by atomic mass is 10.1. The van der Waals surface area contributed by atoms with Crippen molar-refractivity contribution < 1.29 is 14.0 Å². The minimum absolute atomic E-state index is 0.0531. The van der Waals surface area contributed by atoms with Gasteiger partial charge >= 0.3 is 0 Å². The van der Waals surface area contributed by atoms with Crippen LogP contribution in [0.1, 0.15) is 5.56 Å². The van der Waals surface area contributed by atoms with Gasteiger partial charge in [0.2, 0.25) is 0 Å². The molecule has 23 heavy (non-hydrogen) atoms. The number of anilines is 1. The number of halogens is 3. The Labute approximate surface area is 141 Å². The van der Waals surface area contributed by atoms with Crippen molar-refractivity contribution in [2.45, 2.75) is 0 Å². The predicted octanol–water partition coefficient (Wildman–Crippen LogP) is 3.59. The molecule has 1 aliphatic rings. The van der Waals surface area contributed by atoms with Crippen LogP contribution >= 0.6 is 23.2 Å². The van der Waals surface area contributed by atoms with Gasteiger partial charge in [0.1, 0.15) is 11.4 Å². The number of nitrogens with zero attached hydrogens (tertiary/aromatic N) is 1. The average molecular weight is 351 g/mol. The standard InChI is InChI=1S/C16H9Cl2FN2O2/c17-13-6-5-11(8-14(13)18)21-16(23)12(15(22)20-21)7-9-1-3-10(19)4-2-9/h1-8H,(H,20,22)/b12-7-. The first-order valence-electron chi connectivity index (χ1n) is 6.53. The number of carbonyl (C=O) groups is 2. The monoisotopic (exact) mass is 350 g/mol. The largest absolute Gasteiger partial charge is 0.282 e. The average Bonchev–Trinajstić information content (AvgIpc) is 2.80. The van der Waals surface area contributed by atoms with Crippen molar-refractivity contribution in [1.82, 2.24) is 5.43 Å². The van der Waals surface area contributed by atoms with Crippen LogP contribution in [0.15, 0.2) is 48.0 Å². The molecule has 1 saturated heterocycles. The van der Waals surface area contributed by atoms with Gasteiger partial charge in [-0.15, -0.1) is 0 Å². The quantitative estimate of drug-likeness (QED) is 0.664. The van der Waals surface area contributed by atoms with E-state index < -0.39 is 17.6 Å². The van der Waals surface area contributed by atoms with Gasteiger partial charge in [-0.2, -0.15) is 0 Å². The van der Waals surface area contributed by atoms with Gasteiger partial charge in [0.25, 0.3) is 11.8 Å². The zero-order chi connectivity index (χ0) is 16.6. The van der Waals surface area contributed by atoms with Crippen molar-refractivity contribution in [3.8, 4) is 0 Å². The van der Waals surface area contributed by atoms with E-state index in [0.29, 0.717) is 16.3 Å². The van der Waals surface area contributed by atoms with Gasteiger partial charge in [-0.05, 0) is 42.0 Å². The third-order valence-electron chi connectivity index (χ3n) is 3.23. The van der Waals surface area contributed by atoms with Gasteiger partial charge in [-0.25, -0.2) is 9.40 Å². The Bertz CT molecular complexity index is 834. The summed E-state index contributed by atoms with van der Waals surface area (Å²) in [7, 11) is 0. The van der Waals surface area contributed by atoms with E-state index in [0.717, 1.165) is 5.01 Å². The molecule has 3 rings (SSSR count). The summed E-state index contributed by atoms with van der Waals surface area (Å²) in [5, 5.41) is 1.69. The van der Waals surface area contributed by atoms with Crippen molar-refractivity contribution in [2.24, 2.45) is 0 Å². The minimum Gasteiger partial charge on any atom is -0.267 e. The molecule has 1 heterocycles. The van der Waals surface area contributed by atoms with E-state index in [4.69, 9.17) is 23.2 Å². The zero-order valence-corrected chi connectivity index (χ0v) is 13.0. The van der Waals surface area contributed by atoms with Crippen molar-refractivity contribution >= 4 is 46.8 Å². The van der Waals surface area contributed by atoms with Crippen LogP contribution in [0.25, 0.3) is 6.08 Å². The molecule has 0 aromatic heterocycles. The van der Waals surface area contributed by atoms with Gasteiger partial charge < -0.3 is 0 Å². The van der Waals surface area contributed by atoms with Gasteiger partial charge in [0.15, 0.2) is 0 Å². The molecule has 116 valence electrons. The fourth-order valence-corrected chi connectivity index (χ4v) is 2.38. The fourth-order valence-electron chi connectivity index (χ4n) is 2.09. The van der Waals surface area contributed by atoms with E-state index in [1.54, 1.807) is 6.07 Å². The van der Waals surface area contributed by atoms with Crippen LogP contribution in [0.4, 0.5) is 10.1 Å². The predicted molar refractivity (Wildman–Crippen MR) is 86.5 cm³/mol. The Morgan fingerprint density at radius 2 is 1.70 bits per heavy atom. The van der Waals surface area contributed by atoms with E-state index >= 15 is 0 Å². The summed E-state index contributed by atoms with van der Waals surface area (Å²) in [5.41, 5.74) is 3.33. The molecule has 0 saturated carbocycles. The molecule has 1 aliphatic heterocycles. The zero-order valence-electron chi connectivity index (χ0n) is 11.5. The summed E-state index contributed by atoms with van der Waals surface area (Å²) in [4.78, 5) is 24.4. The highest BCUT2D eigenvalue weighted by Crippen LogP contribution is 2.29. The topological polar surface area (TPSA) is 49.4 Å². The minimum atomic E-state index is -0.551. The van der Waals surface area contributed by atoms with E-state index in [2.05, 4.69) is 5.43 Å². The summed E-state index contributed by atoms with van der Waals surface area (Å²) in [6.07, 6.45) is 1.40. The van der Waals surface area contributed by atoms with E-state index in [1.807, 2.05) is 0 Å². The summed E-state index contributed by atoms with van der Waals surface area (Å²) in [6, 6.07) is 10.0. The number of benzene rings is 2. The van der Waals surface area contributed by atoms with Gasteiger partial charge in [-0.1, -0.05) is 35.3 Å². The fraction of sp³-hybridized carbons (Fsp3) is 0. The number of hydrogen-bond donors (Lipinski definition) is 1. The molecule has 0 bridgehead atoms. The van der Waals surface area contributed by atoms with Crippen LogP contribution in [0.2, 0.25) is 10.0 Å². The number of rotatable bonds is 2. The van der Waals surface area contributed by atoms with Crippen LogP contribution < -0.4 is 10.4 Å². The highest BCUT2D eigenvalue weighted by molar-refractivity contribution is 6.42. The second kappa shape index (κ2) is 6.02. The summed E-state index contributed by atoms with van der Waals surface area (Å²) >= 11 is 11.8. The number of carbonyl (C=O) groups excluding carboxylic acids is 2. The highest BCUT2D eigenvalue weighted by atomic mass is 35.5. The van der Waals surface area contributed by atoms with Gasteiger partial charge in [-0.3, -0.25) is 15.0 Å². The first kappa shape index (κ1) is 15.5. The molecule has 1 N–H and O–H groups in total. The molecule has 0 unspecified atom stereocenters. The van der Waals surface area contributed by atoms with Crippen molar-refractivity contribution in [3.05, 3.63) is 69.5 Å². The van der Waals surface area contributed by atoms with E-state index in [9.17, 15) is 14.0 Å². The maximum atomic E-state index is 12.9. The third-order valence-corrected chi connectivity index (χ3v) is 3.97. The Morgan fingerprint density at radius 3 is 2.35 bits per heavy atom. The molecular formula is C16H9Cl2FN2O2. The first-order chi connectivity index (χ1) is 11.0.